The normalized spacial score (nSPS) is 15.2. The number of rotatable bonds is 10. The molecule has 1 fully saturated rings. The summed E-state index contributed by atoms with van der Waals surface area (Å²) in [6, 6.07) is 7.62. The molecule has 1 heterocycles. The fraction of sp³-hybridized carbons (Fsp3) is 0.632. The smallest absolute Gasteiger partial charge is 0.191 e. The van der Waals surface area contributed by atoms with Crippen LogP contribution in [0.5, 0.6) is 11.5 Å². The van der Waals surface area contributed by atoms with Crippen LogP contribution in [-0.4, -0.2) is 63.8 Å². The highest BCUT2D eigenvalue weighted by molar-refractivity contribution is 5.79. The fourth-order valence-corrected chi connectivity index (χ4v) is 2.84. The summed E-state index contributed by atoms with van der Waals surface area (Å²) < 4.78 is 10.9. The molecule has 0 bridgehead atoms. The molecular formula is C19H32N4O2. The van der Waals surface area contributed by atoms with E-state index in [1.807, 2.05) is 24.3 Å². The van der Waals surface area contributed by atoms with E-state index >= 15 is 0 Å². The molecule has 0 aromatic heterocycles. The van der Waals surface area contributed by atoms with Gasteiger partial charge in [-0.1, -0.05) is 0 Å². The molecule has 140 valence electrons. The molecule has 1 aliphatic heterocycles. The zero-order valence-corrected chi connectivity index (χ0v) is 15.6. The molecule has 0 radical (unpaired) electrons. The van der Waals surface area contributed by atoms with Gasteiger partial charge in [0.25, 0.3) is 0 Å². The van der Waals surface area contributed by atoms with Crippen molar-refractivity contribution in [2.75, 3.05) is 53.0 Å². The van der Waals surface area contributed by atoms with Crippen molar-refractivity contribution in [1.29, 1.82) is 0 Å². The highest BCUT2D eigenvalue weighted by atomic mass is 16.5. The minimum absolute atomic E-state index is 0.588. The molecule has 0 aliphatic carbocycles. The number of hydrogen-bond acceptors (Lipinski definition) is 4. The van der Waals surface area contributed by atoms with Gasteiger partial charge >= 0.3 is 0 Å². The van der Waals surface area contributed by atoms with Crippen LogP contribution in [0.15, 0.2) is 29.3 Å². The number of likely N-dealkylation sites (tertiary alicyclic amines) is 1. The summed E-state index contributed by atoms with van der Waals surface area (Å²) >= 11 is 0. The predicted molar refractivity (Wildman–Crippen MR) is 103 cm³/mol. The van der Waals surface area contributed by atoms with Crippen molar-refractivity contribution in [2.24, 2.45) is 4.99 Å². The lowest BCUT2D eigenvalue weighted by atomic mass is 10.3. The maximum Gasteiger partial charge on any atom is 0.191 e. The summed E-state index contributed by atoms with van der Waals surface area (Å²) in [6.07, 6.45) is 3.81. The first-order valence-electron chi connectivity index (χ1n) is 9.33. The Morgan fingerprint density at radius 1 is 1.12 bits per heavy atom. The van der Waals surface area contributed by atoms with Gasteiger partial charge in [-0.15, -0.1) is 0 Å². The van der Waals surface area contributed by atoms with Crippen LogP contribution in [0.25, 0.3) is 0 Å². The van der Waals surface area contributed by atoms with Crippen LogP contribution in [-0.2, 0) is 0 Å². The lowest BCUT2D eigenvalue weighted by molar-refractivity contribution is 0.321. The Kier molecular flexibility index (Phi) is 8.97. The van der Waals surface area contributed by atoms with Crippen molar-refractivity contribution in [3.05, 3.63) is 24.3 Å². The number of hydrogen-bond donors (Lipinski definition) is 2. The number of guanidine groups is 1. The molecule has 1 aromatic carbocycles. The van der Waals surface area contributed by atoms with Gasteiger partial charge < -0.3 is 25.0 Å². The van der Waals surface area contributed by atoms with E-state index in [1.165, 1.54) is 25.9 Å². The van der Waals surface area contributed by atoms with Gasteiger partial charge in [-0.3, -0.25) is 4.99 Å². The summed E-state index contributed by atoms with van der Waals surface area (Å²) in [6.45, 7) is 8.76. The SMILES string of the molecule is CCNC(=NCCCN1CCCC1)NCCOc1ccc(OC)cc1. The van der Waals surface area contributed by atoms with Crippen LogP contribution in [0.4, 0.5) is 0 Å². The second-order valence-electron chi connectivity index (χ2n) is 6.11. The lowest BCUT2D eigenvalue weighted by Gasteiger charge is -2.14. The molecule has 0 spiro atoms. The predicted octanol–water partition coefficient (Wildman–Crippen LogP) is 2.11. The summed E-state index contributed by atoms with van der Waals surface area (Å²) in [7, 11) is 1.66. The van der Waals surface area contributed by atoms with E-state index in [9.17, 15) is 0 Å². The second kappa shape index (κ2) is 11.6. The third-order valence-electron chi connectivity index (χ3n) is 4.17. The van der Waals surface area contributed by atoms with Crippen LogP contribution >= 0.6 is 0 Å². The average Bonchev–Trinajstić information content (AvgIpc) is 3.16. The van der Waals surface area contributed by atoms with Crippen LogP contribution in [0, 0.1) is 0 Å². The first-order chi connectivity index (χ1) is 12.3. The van der Waals surface area contributed by atoms with Crippen molar-refractivity contribution in [1.82, 2.24) is 15.5 Å². The Labute approximate surface area is 151 Å². The fourth-order valence-electron chi connectivity index (χ4n) is 2.84. The van der Waals surface area contributed by atoms with Gasteiger partial charge in [-0.25, -0.2) is 0 Å². The first-order valence-corrected chi connectivity index (χ1v) is 9.33. The molecule has 2 N–H and O–H groups in total. The Balaban J connectivity index is 1.62. The zero-order chi connectivity index (χ0) is 17.7. The van der Waals surface area contributed by atoms with E-state index in [-0.39, 0.29) is 0 Å². The topological polar surface area (TPSA) is 58.1 Å². The number of aliphatic imine (C=N–C) groups is 1. The van der Waals surface area contributed by atoms with Crippen molar-refractivity contribution in [2.45, 2.75) is 26.2 Å². The Bertz CT molecular complexity index is 499. The first kappa shape index (κ1) is 19.4. The molecule has 0 unspecified atom stereocenters. The second-order valence-corrected chi connectivity index (χ2v) is 6.11. The summed E-state index contributed by atoms with van der Waals surface area (Å²) in [5.41, 5.74) is 0. The molecule has 6 heteroatoms. The number of nitrogens with one attached hydrogen (secondary N) is 2. The van der Waals surface area contributed by atoms with Crippen LogP contribution < -0.4 is 20.1 Å². The highest BCUT2D eigenvalue weighted by Gasteiger charge is 2.09. The molecule has 1 saturated heterocycles. The van der Waals surface area contributed by atoms with Crippen molar-refractivity contribution in [3.8, 4) is 11.5 Å². The van der Waals surface area contributed by atoms with E-state index in [1.54, 1.807) is 7.11 Å². The molecular weight excluding hydrogens is 316 g/mol. The molecule has 6 nitrogen and oxygen atoms in total. The van der Waals surface area contributed by atoms with Gasteiger partial charge in [-0.05, 0) is 70.1 Å². The largest absolute Gasteiger partial charge is 0.497 e. The third kappa shape index (κ3) is 7.65. The van der Waals surface area contributed by atoms with Crippen LogP contribution in [0.2, 0.25) is 0 Å². The van der Waals surface area contributed by atoms with E-state index in [0.717, 1.165) is 43.5 Å². The Morgan fingerprint density at radius 2 is 1.84 bits per heavy atom. The molecule has 0 saturated carbocycles. The minimum atomic E-state index is 0.588. The van der Waals surface area contributed by atoms with Gasteiger partial charge in [-0.2, -0.15) is 0 Å². The van der Waals surface area contributed by atoms with E-state index in [4.69, 9.17) is 9.47 Å². The van der Waals surface area contributed by atoms with E-state index in [2.05, 4.69) is 27.4 Å². The zero-order valence-electron chi connectivity index (χ0n) is 15.6. The number of benzene rings is 1. The molecule has 1 aliphatic rings. The Morgan fingerprint density at radius 3 is 2.52 bits per heavy atom. The molecule has 25 heavy (non-hydrogen) atoms. The van der Waals surface area contributed by atoms with E-state index < -0.39 is 0 Å². The van der Waals surface area contributed by atoms with Gasteiger partial charge in [0.05, 0.1) is 13.7 Å². The highest BCUT2D eigenvalue weighted by Crippen LogP contribution is 2.16. The minimum Gasteiger partial charge on any atom is -0.497 e. The third-order valence-corrected chi connectivity index (χ3v) is 4.17. The van der Waals surface area contributed by atoms with Crippen LogP contribution in [0.3, 0.4) is 0 Å². The van der Waals surface area contributed by atoms with Gasteiger partial charge in [0.1, 0.15) is 18.1 Å². The number of nitrogens with zero attached hydrogens (tertiary/aromatic N) is 2. The van der Waals surface area contributed by atoms with Crippen molar-refractivity contribution < 1.29 is 9.47 Å². The molecule has 0 atom stereocenters. The van der Waals surface area contributed by atoms with Crippen LogP contribution in [0.1, 0.15) is 26.2 Å². The molecule has 0 amide bonds. The summed E-state index contributed by atoms with van der Waals surface area (Å²) in [4.78, 5) is 7.16. The summed E-state index contributed by atoms with van der Waals surface area (Å²) in [5, 5.41) is 6.60. The molecule has 2 rings (SSSR count). The van der Waals surface area contributed by atoms with Gasteiger partial charge in [0.15, 0.2) is 5.96 Å². The van der Waals surface area contributed by atoms with Gasteiger partial charge in [0, 0.05) is 13.1 Å². The average molecular weight is 348 g/mol. The summed E-state index contributed by atoms with van der Waals surface area (Å²) in [5.74, 6) is 2.54. The standard InChI is InChI=1S/C19H32N4O2/c1-3-20-19(21-11-6-15-23-13-4-5-14-23)22-12-16-25-18-9-7-17(24-2)8-10-18/h7-10H,3-6,11-16H2,1-2H3,(H2,20,21,22). The van der Waals surface area contributed by atoms with E-state index in [0.29, 0.717) is 13.2 Å². The monoisotopic (exact) mass is 348 g/mol. The maximum atomic E-state index is 5.72. The lowest BCUT2D eigenvalue weighted by Crippen LogP contribution is -2.39. The van der Waals surface area contributed by atoms with Crippen molar-refractivity contribution in [3.63, 3.8) is 0 Å². The van der Waals surface area contributed by atoms with Crippen molar-refractivity contribution >= 4 is 5.96 Å². The molecule has 1 aromatic rings. The quantitative estimate of drug-likeness (QED) is 0.385. The van der Waals surface area contributed by atoms with Gasteiger partial charge in [0.2, 0.25) is 0 Å². The number of ether oxygens (including phenoxy) is 2. The Hall–Kier alpha value is -1.95. The number of methoxy groups -OCH3 is 1. The maximum absolute atomic E-state index is 5.72.